The second kappa shape index (κ2) is 5.56. The molecule has 0 saturated carbocycles. The predicted octanol–water partition coefficient (Wildman–Crippen LogP) is 1.52. The number of ether oxygens (including phenoxy) is 1. The molecule has 0 radical (unpaired) electrons. The van der Waals surface area contributed by atoms with Crippen LogP contribution in [0, 0.1) is 11.3 Å². The highest BCUT2D eigenvalue weighted by Gasteiger charge is 2.34. The third kappa shape index (κ3) is 3.44. The Morgan fingerprint density at radius 1 is 1.39 bits per heavy atom. The summed E-state index contributed by atoms with van der Waals surface area (Å²) in [4.78, 5) is 2.46. The molecule has 4 heteroatoms. The molecule has 18 heavy (non-hydrogen) atoms. The zero-order valence-corrected chi connectivity index (χ0v) is 11.8. The molecule has 0 amide bonds. The summed E-state index contributed by atoms with van der Waals surface area (Å²) in [7, 11) is 0. The van der Waals surface area contributed by atoms with Crippen LogP contribution in [-0.2, 0) is 4.74 Å². The normalized spacial score (nSPS) is 31.3. The predicted molar refractivity (Wildman–Crippen MR) is 71.2 cm³/mol. The second-order valence-corrected chi connectivity index (χ2v) is 6.21. The van der Waals surface area contributed by atoms with Gasteiger partial charge in [0.2, 0.25) is 0 Å². The van der Waals surface area contributed by atoms with Crippen LogP contribution in [0.15, 0.2) is 0 Å². The standard InChI is InChI=1S/C14H25N3O/c1-11(2)16-14(3,10-15)6-7-17-8-12-4-5-13(9-17)18-12/h11-13,16H,4-9H2,1-3H3. The number of hydrogen-bond acceptors (Lipinski definition) is 4. The fraction of sp³-hybridized carbons (Fsp3) is 0.929. The van der Waals surface area contributed by atoms with Gasteiger partial charge in [-0.05, 0) is 40.0 Å². The van der Waals surface area contributed by atoms with Crippen molar-refractivity contribution in [1.82, 2.24) is 10.2 Å². The average molecular weight is 251 g/mol. The molecule has 2 rings (SSSR count). The van der Waals surface area contributed by atoms with Gasteiger partial charge in [-0.2, -0.15) is 5.26 Å². The first kappa shape index (κ1) is 13.8. The molecule has 3 unspecified atom stereocenters. The fourth-order valence-corrected chi connectivity index (χ4v) is 3.06. The number of morpholine rings is 1. The van der Waals surface area contributed by atoms with Gasteiger partial charge in [-0.1, -0.05) is 0 Å². The van der Waals surface area contributed by atoms with E-state index in [0.717, 1.165) is 26.1 Å². The number of hydrogen-bond donors (Lipinski definition) is 1. The van der Waals surface area contributed by atoms with Gasteiger partial charge in [-0.25, -0.2) is 0 Å². The van der Waals surface area contributed by atoms with Crippen molar-refractivity contribution in [2.75, 3.05) is 19.6 Å². The van der Waals surface area contributed by atoms with Crippen LogP contribution in [0.2, 0.25) is 0 Å². The van der Waals surface area contributed by atoms with Gasteiger partial charge in [0, 0.05) is 25.7 Å². The molecule has 3 atom stereocenters. The van der Waals surface area contributed by atoms with E-state index < -0.39 is 5.54 Å². The van der Waals surface area contributed by atoms with E-state index in [-0.39, 0.29) is 0 Å². The van der Waals surface area contributed by atoms with Crippen molar-refractivity contribution < 1.29 is 4.74 Å². The van der Waals surface area contributed by atoms with Crippen molar-refractivity contribution in [1.29, 1.82) is 5.26 Å². The number of rotatable bonds is 5. The molecule has 0 aromatic carbocycles. The number of nitrogens with one attached hydrogen (secondary N) is 1. The number of nitriles is 1. The lowest BCUT2D eigenvalue weighted by Crippen LogP contribution is -2.49. The van der Waals surface area contributed by atoms with E-state index in [1.54, 1.807) is 0 Å². The minimum atomic E-state index is -0.411. The minimum absolute atomic E-state index is 0.343. The Labute approximate surface area is 110 Å². The van der Waals surface area contributed by atoms with E-state index >= 15 is 0 Å². The average Bonchev–Trinajstić information content (AvgIpc) is 2.65. The molecule has 4 nitrogen and oxygen atoms in total. The SMILES string of the molecule is CC(C)NC(C)(C#N)CCN1CC2CCC(C1)O2. The van der Waals surface area contributed by atoms with Crippen LogP contribution in [0.1, 0.15) is 40.0 Å². The van der Waals surface area contributed by atoms with Crippen LogP contribution in [0.3, 0.4) is 0 Å². The quantitative estimate of drug-likeness (QED) is 0.805. The maximum atomic E-state index is 9.32. The Morgan fingerprint density at radius 2 is 2.00 bits per heavy atom. The maximum absolute atomic E-state index is 9.32. The van der Waals surface area contributed by atoms with Crippen LogP contribution in [0.5, 0.6) is 0 Å². The van der Waals surface area contributed by atoms with E-state index in [1.807, 2.05) is 6.92 Å². The molecule has 0 aromatic heterocycles. The summed E-state index contributed by atoms with van der Waals surface area (Å²) in [6, 6.07) is 2.76. The molecule has 2 fully saturated rings. The summed E-state index contributed by atoms with van der Waals surface area (Å²) in [5.74, 6) is 0. The second-order valence-electron chi connectivity index (χ2n) is 6.21. The van der Waals surface area contributed by atoms with Crippen LogP contribution in [0.4, 0.5) is 0 Å². The topological polar surface area (TPSA) is 48.3 Å². The first-order valence-corrected chi connectivity index (χ1v) is 7.07. The lowest BCUT2D eigenvalue weighted by molar-refractivity contribution is -0.0396. The Bertz CT molecular complexity index is 313. The smallest absolute Gasteiger partial charge is 0.105 e. The first-order chi connectivity index (χ1) is 8.50. The van der Waals surface area contributed by atoms with Crippen LogP contribution >= 0.6 is 0 Å². The molecule has 102 valence electrons. The summed E-state index contributed by atoms with van der Waals surface area (Å²) in [6.45, 7) is 9.25. The van der Waals surface area contributed by atoms with E-state index in [0.29, 0.717) is 18.2 Å². The Balaban J connectivity index is 1.81. The summed E-state index contributed by atoms with van der Waals surface area (Å²) >= 11 is 0. The summed E-state index contributed by atoms with van der Waals surface area (Å²) < 4.78 is 5.83. The molecule has 0 aromatic rings. The Kier molecular flexibility index (Phi) is 4.26. The largest absolute Gasteiger partial charge is 0.372 e. The molecule has 1 N–H and O–H groups in total. The minimum Gasteiger partial charge on any atom is -0.372 e. The number of nitrogens with zero attached hydrogens (tertiary/aromatic N) is 2. The summed E-state index contributed by atoms with van der Waals surface area (Å²) in [6.07, 6.45) is 4.17. The molecular formula is C14H25N3O. The molecule has 2 aliphatic rings. The Morgan fingerprint density at radius 3 is 2.50 bits per heavy atom. The van der Waals surface area contributed by atoms with Crippen LogP contribution in [0.25, 0.3) is 0 Å². The van der Waals surface area contributed by atoms with Crippen molar-refractivity contribution >= 4 is 0 Å². The van der Waals surface area contributed by atoms with Crippen molar-refractivity contribution in [2.24, 2.45) is 0 Å². The van der Waals surface area contributed by atoms with Gasteiger partial charge < -0.3 is 4.74 Å². The first-order valence-electron chi connectivity index (χ1n) is 7.07. The third-order valence-corrected chi connectivity index (χ3v) is 3.90. The monoisotopic (exact) mass is 251 g/mol. The van der Waals surface area contributed by atoms with E-state index in [1.165, 1.54) is 12.8 Å². The highest BCUT2D eigenvalue weighted by atomic mass is 16.5. The summed E-state index contributed by atoms with van der Waals surface area (Å²) in [5.41, 5.74) is -0.411. The van der Waals surface area contributed by atoms with Crippen molar-refractivity contribution in [3.8, 4) is 6.07 Å². The van der Waals surface area contributed by atoms with Gasteiger partial charge in [0.05, 0.1) is 18.3 Å². The van der Waals surface area contributed by atoms with Gasteiger partial charge in [0.15, 0.2) is 0 Å². The molecule has 2 heterocycles. The zero-order valence-electron chi connectivity index (χ0n) is 11.8. The molecular weight excluding hydrogens is 226 g/mol. The molecule has 0 aliphatic carbocycles. The number of likely N-dealkylation sites (tertiary alicyclic amines) is 1. The van der Waals surface area contributed by atoms with Gasteiger partial charge in [-0.3, -0.25) is 10.2 Å². The van der Waals surface area contributed by atoms with Crippen molar-refractivity contribution in [3.05, 3.63) is 0 Å². The van der Waals surface area contributed by atoms with Gasteiger partial charge >= 0.3 is 0 Å². The Hall–Kier alpha value is -0.630. The highest BCUT2D eigenvalue weighted by molar-refractivity contribution is 5.05. The van der Waals surface area contributed by atoms with Crippen LogP contribution in [-0.4, -0.2) is 48.3 Å². The third-order valence-electron chi connectivity index (χ3n) is 3.90. The van der Waals surface area contributed by atoms with Crippen molar-refractivity contribution in [2.45, 2.75) is 63.8 Å². The molecule has 2 aliphatic heterocycles. The van der Waals surface area contributed by atoms with Crippen LogP contribution < -0.4 is 5.32 Å². The van der Waals surface area contributed by atoms with E-state index in [2.05, 4.69) is 30.1 Å². The lowest BCUT2D eigenvalue weighted by atomic mass is 9.98. The molecule has 0 spiro atoms. The van der Waals surface area contributed by atoms with E-state index in [9.17, 15) is 5.26 Å². The summed E-state index contributed by atoms with van der Waals surface area (Å²) in [5, 5.41) is 12.7. The molecule has 2 bridgehead atoms. The highest BCUT2D eigenvalue weighted by Crippen LogP contribution is 2.26. The maximum Gasteiger partial charge on any atom is 0.105 e. The molecule has 2 saturated heterocycles. The fourth-order valence-electron chi connectivity index (χ4n) is 3.06. The number of fused-ring (bicyclic) bond motifs is 2. The van der Waals surface area contributed by atoms with Gasteiger partial charge in [0.1, 0.15) is 5.54 Å². The zero-order chi connectivity index (χ0) is 13.2. The van der Waals surface area contributed by atoms with Gasteiger partial charge in [0.25, 0.3) is 0 Å². The van der Waals surface area contributed by atoms with E-state index in [4.69, 9.17) is 4.74 Å². The van der Waals surface area contributed by atoms with Crippen molar-refractivity contribution in [3.63, 3.8) is 0 Å². The lowest BCUT2D eigenvalue weighted by Gasteiger charge is -2.34. The van der Waals surface area contributed by atoms with Gasteiger partial charge in [-0.15, -0.1) is 0 Å².